The molecule has 1 N–H and O–H groups in total. The molecule has 3 nitrogen and oxygen atoms in total. The average molecular weight is 263 g/mol. The van der Waals surface area contributed by atoms with Gasteiger partial charge in [-0.15, -0.1) is 0 Å². The number of rotatable bonds is 3. The third-order valence-electron chi connectivity index (χ3n) is 2.91. The first-order chi connectivity index (χ1) is 9.02. The van der Waals surface area contributed by atoms with Crippen molar-refractivity contribution in [1.82, 2.24) is 9.97 Å². The second-order valence-electron chi connectivity index (χ2n) is 4.27. The molecule has 0 saturated heterocycles. The second kappa shape index (κ2) is 5.30. The smallest absolute Gasteiger partial charge is 0.161 e. The largest absolute Gasteiger partial charge is 0.370 e. The van der Waals surface area contributed by atoms with Crippen molar-refractivity contribution in [2.45, 2.75) is 20.8 Å². The fourth-order valence-corrected chi connectivity index (χ4v) is 1.73. The molecule has 0 atom stereocenters. The Balaban J connectivity index is 2.52. The third-order valence-corrected chi connectivity index (χ3v) is 2.91. The molecular formula is C14H15F2N3. The second-order valence-corrected chi connectivity index (χ2v) is 4.27. The fourth-order valence-electron chi connectivity index (χ4n) is 1.73. The van der Waals surface area contributed by atoms with E-state index < -0.39 is 11.6 Å². The van der Waals surface area contributed by atoms with Gasteiger partial charge < -0.3 is 5.32 Å². The topological polar surface area (TPSA) is 37.8 Å². The average Bonchev–Trinajstić information content (AvgIpc) is 2.38. The van der Waals surface area contributed by atoms with E-state index in [4.69, 9.17) is 0 Å². The van der Waals surface area contributed by atoms with Crippen molar-refractivity contribution >= 4 is 5.82 Å². The Morgan fingerprint density at radius 3 is 2.47 bits per heavy atom. The zero-order valence-corrected chi connectivity index (χ0v) is 11.1. The van der Waals surface area contributed by atoms with E-state index >= 15 is 0 Å². The molecule has 0 aliphatic carbocycles. The van der Waals surface area contributed by atoms with E-state index in [1.165, 1.54) is 6.07 Å². The Morgan fingerprint density at radius 2 is 1.84 bits per heavy atom. The number of hydrogen-bond acceptors (Lipinski definition) is 3. The van der Waals surface area contributed by atoms with E-state index in [2.05, 4.69) is 15.3 Å². The lowest BCUT2D eigenvalue weighted by atomic mass is 10.1. The van der Waals surface area contributed by atoms with Crippen molar-refractivity contribution in [2.24, 2.45) is 0 Å². The Morgan fingerprint density at radius 1 is 1.11 bits per heavy atom. The zero-order chi connectivity index (χ0) is 14.0. The van der Waals surface area contributed by atoms with Crippen molar-refractivity contribution in [1.29, 1.82) is 0 Å². The Hall–Kier alpha value is -2.04. The first-order valence-corrected chi connectivity index (χ1v) is 6.07. The summed E-state index contributed by atoms with van der Waals surface area (Å²) in [5.41, 5.74) is 2.22. The molecule has 0 saturated carbocycles. The van der Waals surface area contributed by atoms with Gasteiger partial charge in [-0.3, -0.25) is 0 Å². The highest BCUT2D eigenvalue weighted by Crippen LogP contribution is 2.22. The molecule has 0 bridgehead atoms. The molecular weight excluding hydrogens is 248 g/mol. The predicted molar refractivity (Wildman–Crippen MR) is 71.0 cm³/mol. The fraction of sp³-hybridized carbons (Fsp3) is 0.286. The normalized spacial score (nSPS) is 10.6. The highest BCUT2D eigenvalue weighted by molar-refractivity contribution is 5.59. The van der Waals surface area contributed by atoms with Crippen LogP contribution < -0.4 is 5.32 Å². The van der Waals surface area contributed by atoms with Gasteiger partial charge in [-0.25, -0.2) is 18.7 Å². The molecule has 0 unspecified atom stereocenters. The summed E-state index contributed by atoms with van der Waals surface area (Å²) in [6.45, 7) is 6.48. The molecule has 100 valence electrons. The molecule has 1 aromatic carbocycles. The van der Waals surface area contributed by atoms with E-state index in [0.717, 1.165) is 35.8 Å². The summed E-state index contributed by atoms with van der Waals surface area (Å²) >= 11 is 0. The molecule has 19 heavy (non-hydrogen) atoms. The summed E-state index contributed by atoms with van der Waals surface area (Å²) in [4.78, 5) is 8.67. The summed E-state index contributed by atoms with van der Waals surface area (Å²) in [5.74, 6) is -0.670. The van der Waals surface area contributed by atoms with E-state index in [1.807, 2.05) is 20.8 Å². The SMILES string of the molecule is CCNc1nc(-c2ccc(F)c(F)c2)nc(C)c1C. The van der Waals surface area contributed by atoms with Crippen LogP contribution >= 0.6 is 0 Å². The van der Waals surface area contributed by atoms with E-state index in [-0.39, 0.29) is 0 Å². The third kappa shape index (κ3) is 2.70. The summed E-state index contributed by atoms with van der Waals surface area (Å²) < 4.78 is 26.2. The van der Waals surface area contributed by atoms with Crippen LogP contribution in [0.1, 0.15) is 18.2 Å². The van der Waals surface area contributed by atoms with Gasteiger partial charge in [0.05, 0.1) is 0 Å². The molecule has 0 aliphatic heterocycles. The lowest BCUT2D eigenvalue weighted by molar-refractivity contribution is 0.509. The maximum absolute atomic E-state index is 13.2. The molecule has 1 aromatic heterocycles. The quantitative estimate of drug-likeness (QED) is 0.921. The summed E-state index contributed by atoms with van der Waals surface area (Å²) in [7, 11) is 0. The van der Waals surface area contributed by atoms with E-state index in [1.54, 1.807) is 0 Å². The predicted octanol–water partition coefficient (Wildman–Crippen LogP) is 3.47. The lowest BCUT2D eigenvalue weighted by Gasteiger charge is -2.11. The van der Waals surface area contributed by atoms with Gasteiger partial charge in [0, 0.05) is 23.4 Å². The molecule has 2 rings (SSSR count). The van der Waals surface area contributed by atoms with Gasteiger partial charge in [-0.05, 0) is 39.0 Å². The summed E-state index contributed by atoms with van der Waals surface area (Å²) in [6, 6.07) is 3.66. The minimum absolute atomic E-state index is 0.387. The number of aromatic nitrogens is 2. The first kappa shape index (κ1) is 13.4. The molecule has 2 aromatic rings. The van der Waals surface area contributed by atoms with Crippen molar-refractivity contribution in [3.63, 3.8) is 0 Å². The maximum atomic E-state index is 13.2. The van der Waals surface area contributed by atoms with Crippen LogP contribution in [0.5, 0.6) is 0 Å². The molecule has 0 aliphatic rings. The van der Waals surface area contributed by atoms with Crippen LogP contribution in [0.3, 0.4) is 0 Å². The number of nitrogens with zero attached hydrogens (tertiary/aromatic N) is 2. The van der Waals surface area contributed by atoms with Crippen LogP contribution in [0, 0.1) is 25.5 Å². The summed E-state index contributed by atoms with van der Waals surface area (Å²) in [5, 5.41) is 3.13. The highest BCUT2D eigenvalue weighted by Gasteiger charge is 2.11. The van der Waals surface area contributed by atoms with E-state index in [0.29, 0.717) is 11.4 Å². The van der Waals surface area contributed by atoms with Gasteiger partial charge >= 0.3 is 0 Å². The number of anilines is 1. The van der Waals surface area contributed by atoms with Crippen LogP contribution in [-0.4, -0.2) is 16.5 Å². The number of benzene rings is 1. The van der Waals surface area contributed by atoms with E-state index in [9.17, 15) is 8.78 Å². The van der Waals surface area contributed by atoms with Crippen molar-refractivity contribution in [3.05, 3.63) is 41.1 Å². The van der Waals surface area contributed by atoms with Gasteiger partial charge in [-0.1, -0.05) is 0 Å². The number of nitrogens with one attached hydrogen (secondary N) is 1. The van der Waals surface area contributed by atoms with Crippen molar-refractivity contribution in [2.75, 3.05) is 11.9 Å². The number of halogens is 2. The van der Waals surface area contributed by atoms with Crippen LogP contribution in [-0.2, 0) is 0 Å². The van der Waals surface area contributed by atoms with Gasteiger partial charge in [-0.2, -0.15) is 0 Å². The number of hydrogen-bond donors (Lipinski definition) is 1. The van der Waals surface area contributed by atoms with Gasteiger partial charge in [0.25, 0.3) is 0 Å². The molecule has 0 radical (unpaired) electrons. The highest BCUT2D eigenvalue weighted by atomic mass is 19.2. The molecule has 5 heteroatoms. The molecule has 0 amide bonds. The lowest BCUT2D eigenvalue weighted by Crippen LogP contribution is -2.06. The Labute approximate surface area is 110 Å². The van der Waals surface area contributed by atoms with Crippen LogP contribution in [0.2, 0.25) is 0 Å². The maximum Gasteiger partial charge on any atom is 0.161 e. The van der Waals surface area contributed by atoms with Crippen LogP contribution in [0.25, 0.3) is 11.4 Å². The van der Waals surface area contributed by atoms with Crippen molar-refractivity contribution < 1.29 is 8.78 Å². The van der Waals surface area contributed by atoms with Gasteiger partial charge in [0.15, 0.2) is 17.5 Å². The molecule has 0 spiro atoms. The Kier molecular flexibility index (Phi) is 3.74. The van der Waals surface area contributed by atoms with Gasteiger partial charge in [0.1, 0.15) is 5.82 Å². The summed E-state index contributed by atoms with van der Waals surface area (Å²) in [6.07, 6.45) is 0. The Bertz CT molecular complexity index is 612. The standard InChI is InChI=1S/C14H15F2N3/c1-4-17-13-8(2)9(3)18-14(19-13)10-5-6-11(15)12(16)7-10/h5-7H,4H2,1-3H3,(H,17,18,19). The molecule has 0 fully saturated rings. The monoisotopic (exact) mass is 263 g/mol. The number of aryl methyl sites for hydroxylation is 1. The first-order valence-electron chi connectivity index (χ1n) is 6.07. The van der Waals surface area contributed by atoms with Gasteiger partial charge in [0.2, 0.25) is 0 Å². The minimum atomic E-state index is -0.899. The van der Waals surface area contributed by atoms with Crippen LogP contribution in [0.4, 0.5) is 14.6 Å². The van der Waals surface area contributed by atoms with Crippen LogP contribution in [0.15, 0.2) is 18.2 Å². The molecule has 1 heterocycles. The minimum Gasteiger partial charge on any atom is -0.370 e. The zero-order valence-electron chi connectivity index (χ0n) is 11.1. The van der Waals surface area contributed by atoms with Crippen molar-refractivity contribution in [3.8, 4) is 11.4 Å².